The third-order valence-electron chi connectivity index (χ3n) is 7.71. The molecule has 0 unspecified atom stereocenters. The van der Waals surface area contributed by atoms with Gasteiger partial charge in [-0.15, -0.1) is 0 Å². The normalized spacial score (nSPS) is 22.3. The topological polar surface area (TPSA) is 60.0 Å². The monoisotopic (exact) mass is 458 g/mol. The van der Waals surface area contributed by atoms with Crippen LogP contribution in [0.3, 0.4) is 0 Å². The van der Waals surface area contributed by atoms with Crippen LogP contribution in [0.15, 0.2) is 24.3 Å². The number of methoxy groups -OCH3 is 1. The van der Waals surface area contributed by atoms with Crippen molar-refractivity contribution >= 4 is 5.91 Å². The molecule has 0 bridgehead atoms. The summed E-state index contributed by atoms with van der Waals surface area (Å²) in [4.78, 5) is 13.8. The first-order chi connectivity index (χ1) is 16.2. The second kappa shape index (κ2) is 12.2. The fourth-order valence-electron chi connectivity index (χ4n) is 5.61. The molecule has 3 aliphatic heterocycles. The minimum absolute atomic E-state index is 0.189. The van der Waals surface area contributed by atoms with Gasteiger partial charge in [0.05, 0.1) is 25.7 Å². The average Bonchev–Trinajstić information content (AvgIpc) is 3.29. The summed E-state index contributed by atoms with van der Waals surface area (Å²) in [5.41, 5.74) is 1.93. The van der Waals surface area contributed by atoms with E-state index < -0.39 is 0 Å². The zero-order valence-electron chi connectivity index (χ0n) is 20.4. The summed E-state index contributed by atoms with van der Waals surface area (Å²) in [5.74, 6) is 2.26. The number of hydrogen-bond acceptors (Lipinski definition) is 5. The van der Waals surface area contributed by atoms with E-state index in [1.54, 1.807) is 7.11 Å². The van der Waals surface area contributed by atoms with Gasteiger partial charge in [0.1, 0.15) is 5.75 Å². The number of carbonyl (C=O) groups is 1. The number of likely N-dealkylation sites (tertiary alicyclic amines) is 1. The van der Waals surface area contributed by atoms with Crippen LogP contribution >= 0.6 is 0 Å². The van der Waals surface area contributed by atoms with Gasteiger partial charge >= 0.3 is 0 Å². The van der Waals surface area contributed by atoms with E-state index in [1.807, 2.05) is 4.90 Å². The predicted octanol–water partition coefficient (Wildman–Crippen LogP) is 3.99. The number of nitrogens with one attached hydrogen (secondary N) is 1. The number of hydrogen-bond donors (Lipinski definition) is 1. The van der Waals surface area contributed by atoms with Crippen LogP contribution in [0.5, 0.6) is 5.75 Å². The highest BCUT2D eigenvalue weighted by molar-refractivity contribution is 5.80. The molecule has 4 fully saturated rings. The van der Waals surface area contributed by atoms with Crippen molar-refractivity contribution in [1.82, 2.24) is 10.2 Å². The summed E-state index contributed by atoms with van der Waals surface area (Å²) in [7, 11) is 1.74. The van der Waals surface area contributed by atoms with E-state index in [9.17, 15) is 4.79 Å². The first-order valence-electron chi connectivity index (χ1n) is 13.0. The Hall–Kier alpha value is -1.63. The molecule has 3 saturated heterocycles. The molecule has 0 atom stereocenters. The summed E-state index contributed by atoms with van der Waals surface area (Å²) in [5, 5.41) is 3.42. The third kappa shape index (κ3) is 6.49. The molecule has 1 N–H and O–H groups in total. The Kier molecular flexibility index (Phi) is 9.04. The van der Waals surface area contributed by atoms with Gasteiger partial charge < -0.3 is 24.4 Å². The fourth-order valence-corrected chi connectivity index (χ4v) is 5.61. The van der Waals surface area contributed by atoms with Crippen LogP contribution in [-0.4, -0.2) is 70.5 Å². The second-order valence-electron chi connectivity index (χ2n) is 10.2. The Morgan fingerprint density at radius 3 is 2.45 bits per heavy atom. The summed E-state index contributed by atoms with van der Waals surface area (Å²) >= 11 is 0. The molecule has 1 spiro atoms. The van der Waals surface area contributed by atoms with Crippen molar-refractivity contribution in [2.45, 2.75) is 57.3 Å². The summed E-state index contributed by atoms with van der Waals surface area (Å²) < 4.78 is 16.1. The van der Waals surface area contributed by atoms with E-state index in [-0.39, 0.29) is 5.92 Å². The smallest absolute Gasteiger partial charge is 0.230 e. The number of piperidine rings is 1. The molecule has 184 valence electrons. The summed E-state index contributed by atoms with van der Waals surface area (Å²) in [6.07, 6.45) is 9.97. The van der Waals surface area contributed by atoms with E-state index in [4.69, 9.17) is 14.2 Å². The molecular weight excluding hydrogens is 416 g/mol. The minimum Gasteiger partial charge on any atom is -0.493 e. The maximum Gasteiger partial charge on any atom is 0.230 e. The molecule has 4 aliphatic rings. The van der Waals surface area contributed by atoms with Crippen molar-refractivity contribution in [2.75, 3.05) is 59.7 Å². The lowest BCUT2D eigenvalue weighted by Crippen LogP contribution is -2.60. The number of benzene rings is 1. The van der Waals surface area contributed by atoms with E-state index in [1.165, 1.54) is 44.1 Å². The lowest BCUT2D eigenvalue weighted by atomic mass is 9.77. The van der Waals surface area contributed by atoms with E-state index in [0.29, 0.717) is 30.5 Å². The van der Waals surface area contributed by atoms with Gasteiger partial charge in [0.25, 0.3) is 0 Å². The van der Waals surface area contributed by atoms with Crippen molar-refractivity contribution in [3.05, 3.63) is 29.8 Å². The molecule has 1 amide bonds. The Labute approximate surface area is 199 Å². The van der Waals surface area contributed by atoms with Crippen LogP contribution in [0.4, 0.5) is 0 Å². The van der Waals surface area contributed by atoms with Crippen LogP contribution < -0.4 is 10.1 Å². The Bertz CT molecular complexity index is 731. The van der Waals surface area contributed by atoms with Crippen LogP contribution in [0.2, 0.25) is 0 Å². The van der Waals surface area contributed by atoms with Crippen LogP contribution in [0.25, 0.3) is 0 Å². The predicted molar refractivity (Wildman–Crippen MR) is 130 cm³/mol. The molecule has 3 heterocycles. The van der Waals surface area contributed by atoms with Gasteiger partial charge in [-0.25, -0.2) is 0 Å². The number of amides is 1. The molecule has 1 aliphatic carbocycles. The third-order valence-corrected chi connectivity index (χ3v) is 7.71. The molecule has 0 aromatic heterocycles. The van der Waals surface area contributed by atoms with Crippen molar-refractivity contribution in [1.29, 1.82) is 0 Å². The number of ether oxygens (including phenoxy) is 3. The maximum absolute atomic E-state index is 11.8. The molecule has 6 nitrogen and oxygen atoms in total. The van der Waals surface area contributed by atoms with E-state index in [0.717, 1.165) is 58.0 Å². The quantitative estimate of drug-likeness (QED) is 0.597. The highest BCUT2D eigenvalue weighted by atomic mass is 16.5. The van der Waals surface area contributed by atoms with Crippen molar-refractivity contribution in [2.24, 2.45) is 11.3 Å². The van der Waals surface area contributed by atoms with Gasteiger partial charge in [-0.3, -0.25) is 4.79 Å². The van der Waals surface area contributed by atoms with Crippen molar-refractivity contribution < 1.29 is 19.0 Å². The first kappa shape index (κ1) is 24.5. The average molecular weight is 459 g/mol. The number of para-hydroxylation sites is 1. The van der Waals surface area contributed by atoms with Gasteiger partial charge in [-0.1, -0.05) is 31.0 Å². The molecule has 1 saturated carbocycles. The molecule has 6 heteroatoms. The number of carbonyl (C=O) groups excluding carboxylic acids is 1. The molecule has 0 radical (unpaired) electrons. The fraction of sp³-hybridized carbons (Fsp3) is 0.741. The summed E-state index contributed by atoms with van der Waals surface area (Å²) in [6.45, 7) is 7.21. The molecular formula is C27H42N2O4. The number of unbranched alkanes of at least 4 members (excludes halogenated alkanes) is 1. The number of nitrogens with zero attached hydrogens (tertiary/aromatic N) is 1. The standard InChI is InChI=1S/C16H25NO2.C11H17NO2/c1-18-12-4-5-13-19-16-7-3-2-6-15(16)14-8-10-17-11-9-14;13-10(9-5-14-6-9)12-7-11(8-12)3-1-2-4-11/h2-3,6-7,14,17H,4-5,8-13H2,1H3;9H,1-8H2. The Balaban J connectivity index is 0.000000163. The lowest BCUT2D eigenvalue weighted by molar-refractivity contribution is -0.161. The molecule has 33 heavy (non-hydrogen) atoms. The zero-order valence-corrected chi connectivity index (χ0v) is 20.4. The molecule has 5 rings (SSSR count). The van der Waals surface area contributed by atoms with Gasteiger partial charge in [0.15, 0.2) is 0 Å². The van der Waals surface area contributed by atoms with Gasteiger partial charge in [0.2, 0.25) is 5.91 Å². The molecule has 1 aromatic rings. The lowest BCUT2D eigenvalue weighted by Gasteiger charge is -2.50. The highest BCUT2D eigenvalue weighted by Crippen LogP contribution is 2.45. The molecule has 1 aromatic carbocycles. The van der Waals surface area contributed by atoms with Gasteiger partial charge in [-0.2, -0.15) is 0 Å². The Morgan fingerprint density at radius 2 is 1.79 bits per heavy atom. The number of rotatable bonds is 8. The Morgan fingerprint density at radius 1 is 1.09 bits per heavy atom. The van der Waals surface area contributed by atoms with E-state index in [2.05, 4.69) is 29.6 Å². The van der Waals surface area contributed by atoms with Crippen molar-refractivity contribution in [3.8, 4) is 5.75 Å². The van der Waals surface area contributed by atoms with Gasteiger partial charge in [-0.05, 0) is 69.2 Å². The van der Waals surface area contributed by atoms with Crippen LogP contribution in [-0.2, 0) is 14.3 Å². The minimum atomic E-state index is 0.189. The van der Waals surface area contributed by atoms with Gasteiger partial charge in [0, 0.05) is 32.2 Å². The maximum atomic E-state index is 11.8. The zero-order chi connectivity index (χ0) is 22.9. The highest BCUT2D eigenvalue weighted by Gasteiger charge is 2.48. The van der Waals surface area contributed by atoms with Crippen molar-refractivity contribution in [3.63, 3.8) is 0 Å². The summed E-state index contributed by atoms with van der Waals surface area (Å²) in [6, 6.07) is 8.51. The van der Waals surface area contributed by atoms with Crippen LogP contribution in [0.1, 0.15) is 62.8 Å². The SMILES string of the molecule is COCCCCOc1ccccc1C1CCNCC1.O=C(C1COC1)N1CC2(CCCC2)C1. The first-order valence-corrected chi connectivity index (χ1v) is 13.0. The van der Waals surface area contributed by atoms with E-state index >= 15 is 0 Å². The largest absolute Gasteiger partial charge is 0.493 e. The second-order valence-corrected chi connectivity index (χ2v) is 10.2. The van der Waals surface area contributed by atoms with Crippen LogP contribution in [0, 0.1) is 11.3 Å².